The molecule has 0 amide bonds. The first-order valence-electron chi connectivity index (χ1n) is 7.29. The molecule has 3 aromatic rings. The van der Waals surface area contributed by atoms with Crippen molar-refractivity contribution in [2.75, 3.05) is 0 Å². The molecule has 0 unspecified atom stereocenters. The number of hydrogen-bond acceptors (Lipinski definition) is 1. The van der Waals surface area contributed by atoms with E-state index in [1.807, 2.05) is 48.5 Å². The van der Waals surface area contributed by atoms with Crippen molar-refractivity contribution in [3.05, 3.63) is 101 Å². The van der Waals surface area contributed by atoms with Gasteiger partial charge in [0.2, 0.25) is 0 Å². The van der Waals surface area contributed by atoms with Crippen LogP contribution in [0.3, 0.4) is 0 Å². The van der Waals surface area contributed by atoms with Crippen LogP contribution in [0.15, 0.2) is 90.6 Å². The van der Waals surface area contributed by atoms with Gasteiger partial charge in [0.1, 0.15) is 0 Å². The molecule has 110 valence electrons. The third-order valence-corrected chi connectivity index (χ3v) is 3.69. The topological polar surface area (TPSA) is 48.8 Å². The predicted molar refractivity (Wildman–Crippen MR) is 95.5 cm³/mol. The van der Waals surface area contributed by atoms with E-state index in [1.54, 1.807) is 0 Å². The first-order chi connectivity index (χ1) is 11.3. The maximum absolute atomic E-state index is 8.74. The molecule has 0 aromatic heterocycles. The fraction of sp³-hybridized carbons (Fsp3) is 0. The summed E-state index contributed by atoms with van der Waals surface area (Å²) in [5.41, 5.74) is 14.3. The highest BCUT2D eigenvalue weighted by Gasteiger charge is 2.13. The van der Waals surface area contributed by atoms with E-state index in [0.29, 0.717) is 5.70 Å². The van der Waals surface area contributed by atoms with Gasteiger partial charge < -0.3 is 0 Å². The molecule has 3 aromatic carbocycles. The second-order valence-electron chi connectivity index (χ2n) is 5.10. The van der Waals surface area contributed by atoms with Crippen molar-refractivity contribution in [2.24, 2.45) is 5.11 Å². The van der Waals surface area contributed by atoms with Crippen LogP contribution in [0.1, 0.15) is 5.56 Å². The Morgan fingerprint density at radius 3 is 2.00 bits per heavy atom. The highest BCUT2D eigenvalue weighted by Crippen LogP contribution is 2.37. The lowest BCUT2D eigenvalue weighted by Gasteiger charge is -2.15. The molecule has 3 heteroatoms. The van der Waals surface area contributed by atoms with Gasteiger partial charge >= 0.3 is 0 Å². The van der Waals surface area contributed by atoms with Crippen LogP contribution in [0, 0.1) is 0 Å². The number of benzene rings is 3. The summed E-state index contributed by atoms with van der Waals surface area (Å²) in [6.45, 7) is 3.92. The minimum absolute atomic E-state index is 0.420. The van der Waals surface area contributed by atoms with E-state index in [0.717, 1.165) is 27.8 Å². The van der Waals surface area contributed by atoms with Crippen molar-refractivity contribution in [1.29, 1.82) is 0 Å². The second-order valence-corrected chi connectivity index (χ2v) is 5.10. The predicted octanol–water partition coefficient (Wildman–Crippen LogP) is 6.30. The van der Waals surface area contributed by atoms with Gasteiger partial charge in [0.05, 0.1) is 0 Å². The Balaban J connectivity index is 2.31. The highest BCUT2D eigenvalue weighted by atomic mass is 15.1. The summed E-state index contributed by atoms with van der Waals surface area (Å²) in [5.74, 6) is 0. The van der Waals surface area contributed by atoms with E-state index in [1.165, 1.54) is 0 Å². The summed E-state index contributed by atoms with van der Waals surface area (Å²) in [4.78, 5) is 2.87. The summed E-state index contributed by atoms with van der Waals surface area (Å²) in [5, 5.41) is 3.70. The molecule has 0 bridgehead atoms. The molecule has 3 rings (SSSR count). The fourth-order valence-electron chi connectivity index (χ4n) is 2.67. The first-order valence-corrected chi connectivity index (χ1v) is 7.29. The van der Waals surface area contributed by atoms with E-state index in [9.17, 15) is 0 Å². The van der Waals surface area contributed by atoms with Crippen molar-refractivity contribution < 1.29 is 0 Å². The Morgan fingerprint density at radius 1 is 0.783 bits per heavy atom. The van der Waals surface area contributed by atoms with Gasteiger partial charge in [-0.25, -0.2) is 0 Å². The Kier molecular flexibility index (Phi) is 4.23. The molecule has 0 spiro atoms. The van der Waals surface area contributed by atoms with Crippen LogP contribution < -0.4 is 0 Å². The molecular formula is C20H15N3. The molecule has 23 heavy (non-hydrogen) atoms. The number of hydrogen-bond donors (Lipinski definition) is 0. The van der Waals surface area contributed by atoms with Crippen molar-refractivity contribution >= 4 is 5.70 Å². The van der Waals surface area contributed by atoms with Crippen LogP contribution in [0.25, 0.3) is 38.4 Å². The summed E-state index contributed by atoms with van der Waals surface area (Å²) in [6, 6.07) is 26.2. The maximum Gasteiger partial charge on any atom is 0.0382 e. The standard InChI is InChI=1S/C20H15N3/c1-15(22-23-21)18-13-8-14-19(16-9-4-2-5-10-16)20(18)17-11-6-3-7-12-17/h2-14H,1H2. The molecule has 0 aliphatic heterocycles. The van der Waals surface area contributed by atoms with Crippen molar-refractivity contribution in [1.82, 2.24) is 0 Å². The third kappa shape index (κ3) is 3.00. The molecule has 0 saturated carbocycles. The number of rotatable bonds is 4. The lowest BCUT2D eigenvalue weighted by molar-refractivity contribution is 1.47. The van der Waals surface area contributed by atoms with Crippen LogP contribution in [0.5, 0.6) is 0 Å². The molecular weight excluding hydrogens is 282 g/mol. The van der Waals surface area contributed by atoms with E-state index < -0.39 is 0 Å². The monoisotopic (exact) mass is 297 g/mol. The SMILES string of the molecule is C=C(N=[N+]=[N-])c1cccc(-c2ccccc2)c1-c1ccccc1. The molecule has 0 aliphatic rings. The van der Waals surface area contributed by atoms with Gasteiger partial charge in [-0.15, -0.1) is 0 Å². The molecule has 0 fully saturated rings. The Labute approximate surface area is 135 Å². The summed E-state index contributed by atoms with van der Waals surface area (Å²) >= 11 is 0. The summed E-state index contributed by atoms with van der Waals surface area (Å²) in [7, 11) is 0. The van der Waals surface area contributed by atoms with Crippen molar-refractivity contribution in [2.45, 2.75) is 0 Å². The molecule has 3 nitrogen and oxygen atoms in total. The van der Waals surface area contributed by atoms with E-state index in [-0.39, 0.29) is 0 Å². The fourth-order valence-corrected chi connectivity index (χ4v) is 2.67. The Morgan fingerprint density at radius 2 is 1.39 bits per heavy atom. The van der Waals surface area contributed by atoms with Gasteiger partial charge in [0.25, 0.3) is 0 Å². The minimum atomic E-state index is 0.420. The van der Waals surface area contributed by atoms with Crippen LogP contribution >= 0.6 is 0 Å². The minimum Gasteiger partial charge on any atom is -0.0889 e. The third-order valence-electron chi connectivity index (χ3n) is 3.69. The van der Waals surface area contributed by atoms with Gasteiger partial charge in [-0.1, -0.05) is 90.6 Å². The average molecular weight is 297 g/mol. The molecule has 0 N–H and O–H groups in total. The maximum atomic E-state index is 8.74. The number of nitrogens with zero attached hydrogens (tertiary/aromatic N) is 3. The van der Waals surface area contributed by atoms with Crippen LogP contribution in [-0.4, -0.2) is 0 Å². The van der Waals surface area contributed by atoms with Gasteiger partial charge in [0.15, 0.2) is 0 Å². The normalized spacial score (nSPS) is 9.91. The quantitative estimate of drug-likeness (QED) is 0.308. The average Bonchev–Trinajstić information content (AvgIpc) is 2.63. The van der Waals surface area contributed by atoms with Gasteiger partial charge in [-0.2, -0.15) is 0 Å². The van der Waals surface area contributed by atoms with Gasteiger partial charge in [0, 0.05) is 10.6 Å². The van der Waals surface area contributed by atoms with Crippen LogP contribution in [0.4, 0.5) is 0 Å². The van der Waals surface area contributed by atoms with E-state index in [2.05, 4.69) is 46.9 Å². The lowest BCUT2D eigenvalue weighted by Crippen LogP contribution is -1.91. The molecule has 0 saturated heterocycles. The first kappa shape index (κ1) is 14.6. The van der Waals surface area contributed by atoms with Crippen LogP contribution in [-0.2, 0) is 0 Å². The molecule has 0 atom stereocenters. The zero-order valence-corrected chi connectivity index (χ0v) is 12.6. The zero-order valence-electron chi connectivity index (χ0n) is 12.6. The molecule has 0 heterocycles. The van der Waals surface area contributed by atoms with Crippen molar-refractivity contribution in [3.63, 3.8) is 0 Å². The summed E-state index contributed by atoms with van der Waals surface area (Å²) in [6.07, 6.45) is 0. The smallest absolute Gasteiger partial charge is 0.0382 e. The van der Waals surface area contributed by atoms with Crippen LogP contribution in [0.2, 0.25) is 0 Å². The Bertz CT molecular complexity index is 877. The van der Waals surface area contributed by atoms with Gasteiger partial charge in [-0.05, 0) is 33.3 Å². The van der Waals surface area contributed by atoms with Crippen molar-refractivity contribution in [3.8, 4) is 22.3 Å². The van der Waals surface area contributed by atoms with E-state index in [4.69, 9.17) is 5.53 Å². The number of azide groups is 1. The summed E-state index contributed by atoms with van der Waals surface area (Å²) < 4.78 is 0. The lowest BCUT2D eigenvalue weighted by atomic mass is 9.89. The Hall–Kier alpha value is -3.29. The second kappa shape index (κ2) is 6.65. The largest absolute Gasteiger partial charge is 0.0889 e. The molecule has 0 aliphatic carbocycles. The zero-order chi connectivity index (χ0) is 16.1. The highest BCUT2D eigenvalue weighted by molar-refractivity contribution is 5.91. The van der Waals surface area contributed by atoms with Gasteiger partial charge in [-0.3, -0.25) is 0 Å². The van der Waals surface area contributed by atoms with E-state index >= 15 is 0 Å². The molecule has 0 radical (unpaired) electrons.